The summed E-state index contributed by atoms with van der Waals surface area (Å²) in [5.41, 5.74) is 2.23. The van der Waals surface area contributed by atoms with Crippen molar-refractivity contribution in [2.24, 2.45) is 13.0 Å². The number of hydrogen-bond donors (Lipinski definition) is 2. The van der Waals surface area contributed by atoms with Gasteiger partial charge in [-0.2, -0.15) is 5.10 Å². The maximum Gasteiger partial charge on any atom is 0.255 e. The van der Waals surface area contributed by atoms with Crippen molar-refractivity contribution in [1.29, 1.82) is 0 Å². The number of amides is 2. The van der Waals surface area contributed by atoms with Gasteiger partial charge in [0.1, 0.15) is 0 Å². The predicted molar refractivity (Wildman–Crippen MR) is 114 cm³/mol. The molecular weight excluding hydrogens is 390 g/mol. The average Bonchev–Trinajstić information content (AvgIpc) is 3.37. The van der Waals surface area contributed by atoms with Crippen LogP contribution in [-0.4, -0.2) is 52.7 Å². The van der Waals surface area contributed by atoms with Gasteiger partial charge in [-0.3, -0.25) is 14.3 Å². The van der Waals surface area contributed by atoms with Crippen LogP contribution in [0.5, 0.6) is 0 Å². The third-order valence-corrected chi connectivity index (χ3v) is 5.76. The minimum absolute atomic E-state index is 0. The number of anilines is 1. The van der Waals surface area contributed by atoms with Crippen LogP contribution in [0.15, 0.2) is 36.7 Å². The molecule has 29 heavy (non-hydrogen) atoms. The standard InChI is InChI=1S/C21H27N5O2.ClH/c1-25-14-15(11-23-25)17-12-22-13-18(17)20(27)24-19-8-4-3-7-16(19)21(28)26-9-5-2-6-10-26;/h3-4,7-8,11,14,17-18,22H,2,5-6,9-10,12-13H2,1H3,(H,24,27);1H/t17-,18+;/m1./s1. The Labute approximate surface area is 177 Å². The lowest BCUT2D eigenvalue weighted by molar-refractivity contribution is -0.119. The number of aromatic nitrogens is 2. The minimum Gasteiger partial charge on any atom is -0.339 e. The molecule has 2 aliphatic rings. The minimum atomic E-state index is -0.192. The molecule has 1 aromatic carbocycles. The molecule has 8 heteroatoms. The number of halogens is 1. The van der Waals surface area contributed by atoms with Crippen molar-refractivity contribution in [3.8, 4) is 0 Å². The number of para-hydroxylation sites is 1. The number of likely N-dealkylation sites (tertiary alicyclic amines) is 1. The molecule has 4 rings (SSSR count). The molecule has 2 aromatic rings. The molecule has 156 valence electrons. The van der Waals surface area contributed by atoms with Gasteiger partial charge in [0.2, 0.25) is 5.91 Å². The number of nitrogens with zero attached hydrogens (tertiary/aromatic N) is 3. The van der Waals surface area contributed by atoms with Crippen LogP contribution in [0.4, 0.5) is 5.69 Å². The van der Waals surface area contributed by atoms with Gasteiger partial charge < -0.3 is 15.5 Å². The van der Waals surface area contributed by atoms with Gasteiger partial charge in [-0.15, -0.1) is 12.4 Å². The summed E-state index contributed by atoms with van der Waals surface area (Å²) in [7, 11) is 1.88. The summed E-state index contributed by atoms with van der Waals surface area (Å²) in [4.78, 5) is 27.9. The smallest absolute Gasteiger partial charge is 0.255 e. The van der Waals surface area contributed by atoms with Gasteiger partial charge in [0.05, 0.1) is 23.4 Å². The van der Waals surface area contributed by atoms with Crippen molar-refractivity contribution in [2.45, 2.75) is 25.2 Å². The molecule has 0 radical (unpaired) electrons. The molecule has 2 fully saturated rings. The lowest BCUT2D eigenvalue weighted by Gasteiger charge is -2.27. The molecule has 2 atom stereocenters. The summed E-state index contributed by atoms with van der Waals surface area (Å²) in [6.07, 6.45) is 7.05. The maximum atomic E-state index is 13.1. The number of carbonyl (C=O) groups is 2. The van der Waals surface area contributed by atoms with E-state index in [1.807, 2.05) is 42.5 Å². The van der Waals surface area contributed by atoms with Crippen LogP contribution in [0.3, 0.4) is 0 Å². The van der Waals surface area contributed by atoms with E-state index in [1.54, 1.807) is 10.7 Å². The molecule has 0 aliphatic carbocycles. The fraction of sp³-hybridized carbons (Fsp3) is 0.476. The first kappa shape index (κ1) is 21.3. The first-order valence-corrected chi connectivity index (χ1v) is 10.0. The lowest BCUT2D eigenvalue weighted by Crippen LogP contribution is -2.36. The molecule has 2 N–H and O–H groups in total. The fourth-order valence-electron chi connectivity index (χ4n) is 4.21. The van der Waals surface area contributed by atoms with Crippen molar-refractivity contribution in [3.63, 3.8) is 0 Å². The summed E-state index contributed by atoms with van der Waals surface area (Å²) in [6, 6.07) is 7.32. The number of piperidine rings is 1. The Kier molecular flexibility index (Phi) is 6.92. The molecule has 1 aromatic heterocycles. The van der Waals surface area contributed by atoms with Crippen molar-refractivity contribution in [1.82, 2.24) is 20.0 Å². The summed E-state index contributed by atoms with van der Waals surface area (Å²) in [5.74, 6) is -0.164. The Morgan fingerprint density at radius 3 is 2.62 bits per heavy atom. The second kappa shape index (κ2) is 9.41. The Bertz CT molecular complexity index is 862. The van der Waals surface area contributed by atoms with Crippen LogP contribution in [0.2, 0.25) is 0 Å². The molecule has 3 heterocycles. The number of hydrogen-bond acceptors (Lipinski definition) is 4. The van der Waals surface area contributed by atoms with Gasteiger partial charge in [-0.05, 0) is 37.0 Å². The second-order valence-electron chi connectivity index (χ2n) is 7.71. The zero-order valence-electron chi connectivity index (χ0n) is 16.6. The maximum absolute atomic E-state index is 13.1. The van der Waals surface area contributed by atoms with Crippen molar-refractivity contribution in [3.05, 3.63) is 47.8 Å². The van der Waals surface area contributed by atoms with E-state index in [0.717, 1.165) is 38.0 Å². The predicted octanol–water partition coefficient (Wildman–Crippen LogP) is 2.41. The molecule has 2 aliphatic heterocycles. The van der Waals surface area contributed by atoms with E-state index in [2.05, 4.69) is 15.7 Å². The molecule has 0 bridgehead atoms. The van der Waals surface area contributed by atoms with E-state index in [1.165, 1.54) is 6.42 Å². The van der Waals surface area contributed by atoms with Crippen molar-refractivity contribution >= 4 is 29.9 Å². The number of nitrogens with one attached hydrogen (secondary N) is 2. The zero-order valence-corrected chi connectivity index (χ0v) is 17.5. The highest BCUT2D eigenvalue weighted by Gasteiger charge is 2.35. The lowest BCUT2D eigenvalue weighted by atomic mass is 9.90. The number of benzene rings is 1. The SMILES string of the molecule is Cl.Cn1cc([C@H]2CNC[C@@H]2C(=O)Nc2ccccc2C(=O)N2CCCCC2)cn1. The second-order valence-corrected chi connectivity index (χ2v) is 7.71. The molecule has 0 saturated carbocycles. The Hall–Kier alpha value is -2.38. The van der Waals surface area contributed by atoms with Gasteiger partial charge in [0.25, 0.3) is 5.91 Å². The van der Waals surface area contributed by atoms with Gasteiger partial charge in [0.15, 0.2) is 0 Å². The third-order valence-electron chi connectivity index (χ3n) is 5.76. The van der Waals surface area contributed by atoms with E-state index in [9.17, 15) is 9.59 Å². The summed E-state index contributed by atoms with van der Waals surface area (Å²) >= 11 is 0. The van der Waals surface area contributed by atoms with Gasteiger partial charge in [-0.25, -0.2) is 0 Å². The molecule has 2 amide bonds. The summed E-state index contributed by atoms with van der Waals surface area (Å²) < 4.78 is 1.76. The number of carbonyl (C=O) groups excluding carboxylic acids is 2. The van der Waals surface area contributed by atoms with Crippen molar-refractivity contribution in [2.75, 3.05) is 31.5 Å². The fourth-order valence-corrected chi connectivity index (χ4v) is 4.21. The number of aryl methyl sites for hydroxylation is 1. The van der Waals surface area contributed by atoms with E-state index in [-0.39, 0.29) is 36.1 Å². The van der Waals surface area contributed by atoms with Crippen LogP contribution in [0.1, 0.15) is 41.1 Å². The highest BCUT2D eigenvalue weighted by atomic mass is 35.5. The largest absolute Gasteiger partial charge is 0.339 e. The highest BCUT2D eigenvalue weighted by molar-refractivity contribution is 6.04. The Balaban J connectivity index is 0.00000240. The Morgan fingerprint density at radius 2 is 1.90 bits per heavy atom. The van der Waals surface area contributed by atoms with Gasteiger partial charge in [0, 0.05) is 45.3 Å². The molecular formula is C21H28ClN5O2. The highest BCUT2D eigenvalue weighted by Crippen LogP contribution is 2.29. The van der Waals surface area contributed by atoms with E-state index >= 15 is 0 Å². The molecule has 0 unspecified atom stereocenters. The Morgan fingerprint density at radius 1 is 1.14 bits per heavy atom. The van der Waals surface area contributed by atoms with Crippen molar-refractivity contribution < 1.29 is 9.59 Å². The summed E-state index contributed by atoms with van der Waals surface area (Å²) in [5, 5.41) is 10.6. The zero-order chi connectivity index (χ0) is 19.5. The quantitative estimate of drug-likeness (QED) is 0.800. The van der Waals surface area contributed by atoms with E-state index < -0.39 is 0 Å². The average molecular weight is 418 g/mol. The molecule has 0 spiro atoms. The van der Waals surface area contributed by atoms with Gasteiger partial charge >= 0.3 is 0 Å². The van der Waals surface area contributed by atoms with Crippen LogP contribution < -0.4 is 10.6 Å². The van der Waals surface area contributed by atoms with Gasteiger partial charge in [-0.1, -0.05) is 12.1 Å². The van der Waals surface area contributed by atoms with Crippen LogP contribution in [0.25, 0.3) is 0 Å². The van der Waals surface area contributed by atoms with E-state index in [4.69, 9.17) is 0 Å². The monoisotopic (exact) mass is 417 g/mol. The molecule has 7 nitrogen and oxygen atoms in total. The first-order valence-electron chi connectivity index (χ1n) is 10.0. The van der Waals surface area contributed by atoms with Crippen LogP contribution in [-0.2, 0) is 11.8 Å². The topological polar surface area (TPSA) is 79.3 Å². The first-order chi connectivity index (χ1) is 13.6. The third kappa shape index (κ3) is 4.62. The normalized spacial score (nSPS) is 21.5. The summed E-state index contributed by atoms with van der Waals surface area (Å²) in [6.45, 7) is 2.94. The molecule has 2 saturated heterocycles. The van der Waals surface area contributed by atoms with Crippen LogP contribution in [0, 0.1) is 5.92 Å². The number of rotatable bonds is 4. The van der Waals surface area contributed by atoms with Crippen LogP contribution >= 0.6 is 12.4 Å². The van der Waals surface area contributed by atoms with E-state index in [0.29, 0.717) is 17.8 Å².